The second kappa shape index (κ2) is 5.74. The predicted molar refractivity (Wildman–Crippen MR) is 74.8 cm³/mol. The van der Waals surface area contributed by atoms with Crippen molar-refractivity contribution in [1.29, 1.82) is 0 Å². The molecule has 0 radical (unpaired) electrons. The van der Waals surface area contributed by atoms with Crippen LogP contribution in [-0.4, -0.2) is 16.3 Å². The molecule has 2 rings (SSSR count). The minimum absolute atomic E-state index is 0.424. The van der Waals surface area contributed by atoms with E-state index in [9.17, 15) is 4.79 Å². The number of thioether (sulfide) groups is 1. The van der Waals surface area contributed by atoms with Crippen molar-refractivity contribution in [3.8, 4) is 11.1 Å². The number of aliphatic carboxylic acids is 1. The summed E-state index contributed by atoms with van der Waals surface area (Å²) in [6, 6.07) is 18.1. The molecule has 0 bridgehead atoms. The Balaban J connectivity index is 2.13. The van der Waals surface area contributed by atoms with E-state index in [2.05, 4.69) is 12.1 Å². The zero-order chi connectivity index (χ0) is 13.0. The first-order chi connectivity index (χ1) is 8.66. The molecule has 0 spiro atoms. The summed E-state index contributed by atoms with van der Waals surface area (Å²) in [6.45, 7) is 1.69. The molecule has 0 aliphatic carbocycles. The average molecular weight is 258 g/mol. The fraction of sp³-hybridized carbons (Fsp3) is 0.133. The van der Waals surface area contributed by atoms with Gasteiger partial charge in [-0.2, -0.15) is 0 Å². The van der Waals surface area contributed by atoms with E-state index in [4.69, 9.17) is 5.11 Å². The highest BCUT2D eigenvalue weighted by Crippen LogP contribution is 2.26. The maximum absolute atomic E-state index is 10.8. The van der Waals surface area contributed by atoms with Crippen LogP contribution in [0.3, 0.4) is 0 Å². The van der Waals surface area contributed by atoms with Crippen molar-refractivity contribution in [1.82, 2.24) is 0 Å². The highest BCUT2D eigenvalue weighted by molar-refractivity contribution is 8.00. The molecule has 1 N–H and O–H groups in total. The Labute approximate surface area is 111 Å². The van der Waals surface area contributed by atoms with Crippen molar-refractivity contribution in [3.63, 3.8) is 0 Å². The molecule has 0 fully saturated rings. The van der Waals surface area contributed by atoms with Gasteiger partial charge in [-0.05, 0) is 30.2 Å². The highest BCUT2D eigenvalue weighted by Gasteiger charge is 2.11. The average Bonchev–Trinajstić information content (AvgIpc) is 2.40. The lowest BCUT2D eigenvalue weighted by Crippen LogP contribution is -2.10. The molecule has 92 valence electrons. The minimum Gasteiger partial charge on any atom is -0.480 e. The Kier molecular flexibility index (Phi) is 4.05. The molecule has 1 atom stereocenters. The van der Waals surface area contributed by atoms with Crippen LogP contribution in [0, 0.1) is 0 Å². The van der Waals surface area contributed by atoms with Crippen molar-refractivity contribution in [2.24, 2.45) is 0 Å². The molecule has 2 nitrogen and oxygen atoms in total. The van der Waals surface area contributed by atoms with Gasteiger partial charge < -0.3 is 5.11 Å². The Morgan fingerprint density at radius 3 is 2.11 bits per heavy atom. The van der Waals surface area contributed by atoms with E-state index in [-0.39, 0.29) is 0 Å². The Morgan fingerprint density at radius 2 is 1.56 bits per heavy atom. The van der Waals surface area contributed by atoms with Crippen LogP contribution in [0.1, 0.15) is 6.92 Å². The number of carboxylic acid groups (broad SMARTS) is 1. The first kappa shape index (κ1) is 12.7. The van der Waals surface area contributed by atoms with Crippen LogP contribution in [0.2, 0.25) is 0 Å². The summed E-state index contributed by atoms with van der Waals surface area (Å²) in [6.07, 6.45) is 0. The number of benzene rings is 2. The van der Waals surface area contributed by atoms with E-state index in [1.54, 1.807) is 6.92 Å². The third-order valence-electron chi connectivity index (χ3n) is 2.62. The van der Waals surface area contributed by atoms with Gasteiger partial charge in [-0.1, -0.05) is 42.5 Å². The fourth-order valence-corrected chi connectivity index (χ4v) is 2.41. The van der Waals surface area contributed by atoms with Crippen molar-refractivity contribution in [2.45, 2.75) is 17.1 Å². The highest BCUT2D eigenvalue weighted by atomic mass is 32.2. The molecule has 0 heterocycles. The minimum atomic E-state index is -0.785. The molecule has 1 unspecified atom stereocenters. The van der Waals surface area contributed by atoms with Crippen LogP contribution in [0.25, 0.3) is 11.1 Å². The predicted octanol–water partition coefficient (Wildman–Crippen LogP) is 3.92. The van der Waals surface area contributed by atoms with Gasteiger partial charge in [0, 0.05) is 4.90 Å². The first-order valence-corrected chi connectivity index (χ1v) is 6.60. The van der Waals surface area contributed by atoms with Gasteiger partial charge in [-0.15, -0.1) is 11.8 Å². The van der Waals surface area contributed by atoms with E-state index < -0.39 is 11.2 Å². The summed E-state index contributed by atoms with van der Waals surface area (Å²) in [7, 11) is 0. The summed E-state index contributed by atoms with van der Waals surface area (Å²) in [5, 5.41) is 8.43. The van der Waals surface area contributed by atoms with Crippen LogP contribution in [-0.2, 0) is 4.79 Å². The lowest BCUT2D eigenvalue weighted by Gasteiger charge is -2.07. The summed E-state index contributed by atoms with van der Waals surface area (Å²) in [5.41, 5.74) is 2.31. The van der Waals surface area contributed by atoms with E-state index in [1.165, 1.54) is 17.3 Å². The Hall–Kier alpha value is -1.74. The first-order valence-electron chi connectivity index (χ1n) is 5.72. The van der Waals surface area contributed by atoms with Gasteiger partial charge in [0.05, 0.1) is 0 Å². The topological polar surface area (TPSA) is 37.3 Å². The van der Waals surface area contributed by atoms with E-state index >= 15 is 0 Å². The lowest BCUT2D eigenvalue weighted by atomic mass is 10.1. The second-order valence-corrected chi connectivity index (χ2v) is 5.40. The molecule has 0 saturated carbocycles. The molecule has 0 amide bonds. The molecule has 2 aromatic carbocycles. The molecule has 18 heavy (non-hydrogen) atoms. The third kappa shape index (κ3) is 3.14. The van der Waals surface area contributed by atoms with Gasteiger partial charge in [-0.3, -0.25) is 4.79 Å². The lowest BCUT2D eigenvalue weighted by molar-refractivity contribution is -0.136. The SMILES string of the molecule is CC(Sc1ccc(-c2ccccc2)cc1)C(=O)O. The van der Waals surface area contributed by atoms with Crippen molar-refractivity contribution < 1.29 is 9.90 Å². The maximum atomic E-state index is 10.8. The summed E-state index contributed by atoms with van der Waals surface area (Å²) < 4.78 is 0. The molecule has 2 aromatic rings. The van der Waals surface area contributed by atoms with Crippen LogP contribution >= 0.6 is 11.8 Å². The number of carboxylic acids is 1. The zero-order valence-corrected chi connectivity index (χ0v) is 10.9. The third-order valence-corrected chi connectivity index (χ3v) is 3.72. The molecule has 3 heteroatoms. The van der Waals surface area contributed by atoms with E-state index in [1.807, 2.05) is 42.5 Å². The number of hydrogen-bond acceptors (Lipinski definition) is 2. The maximum Gasteiger partial charge on any atom is 0.316 e. The summed E-state index contributed by atoms with van der Waals surface area (Å²) in [5.74, 6) is -0.785. The van der Waals surface area contributed by atoms with Gasteiger partial charge in [0.1, 0.15) is 5.25 Å². The Bertz CT molecular complexity index is 520. The fourth-order valence-electron chi connectivity index (χ4n) is 1.61. The molecule has 0 aliphatic heterocycles. The van der Waals surface area contributed by atoms with Gasteiger partial charge >= 0.3 is 5.97 Å². The van der Waals surface area contributed by atoms with Gasteiger partial charge in [0.2, 0.25) is 0 Å². The second-order valence-electron chi connectivity index (χ2n) is 3.99. The molecular weight excluding hydrogens is 244 g/mol. The molecular formula is C15H14O2S. The summed E-state index contributed by atoms with van der Waals surface area (Å²) >= 11 is 1.36. The van der Waals surface area contributed by atoms with Crippen molar-refractivity contribution >= 4 is 17.7 Å². The van der Waals surface area contributed by atoms with Crippen molar-refractivity contribution in [3.05, 3.63) is 54.6 Å². The van der Waals surface area contributed by atoms with Crippen LogP contribution < -0.4 is 0 Å². The monoisotopic (exact) mass is 258 g/mol. The smallest absolute Gasteiger partial charge is 0.316 e. The normalized spacial score (nSPS) is 12.1. The summed E-state index contributed by atoms with van der Waals surface area (Å²) in [4.78, 5) is 11.7. The quantitative estimate of drug-likeness (QED) is 0.845. The number of rotatable bonds is 4. The largest absolute Gasteiger partial charge is 0.480 e. The van der Waals surface area contributed by atoms with Crippen LogP contribution in [0.4, 0.5) is 0 Å². The molecule has 0 aromatic heterocycles. The molecule has 0 saturated heterocycles. The number of carbonyl (C=O) groups is 1. The van der Waals surface area contributed by atoms with E-state index in [0.717, 1.165) is 10.5 Å². The van der Waals surface area contributed by atoms with Crippen LogP contribution in [0.5, 0.6) is 0 Å². The van der Waals surface area contributed by atoms with Gasteiger partial charge in [0.25, 0.3) is 0 Å². The van der Waals surface area contributed by atoms with Gasteiger partial charge in [-0.25, -0.2) is 0 Å². The zero-order valence-electron chi connectivity index (χ0n) is 10.0. The standard InChI is InChI=1S/C15H14O2S/c1-11(15(16)17)18-14-9-7-13(8-10-14)12-5-3-2-4-6-12/h2-11H,1H3,(H,16,17). The molecule has 0 aliphatic rings. The van der Waals surface area contributed by atoms with E-state index in [0.29, 0.717) is 0 Å². The van der Waals surface area contributed by atoms with Crippen molar-refractivity contribution in [2.75, 3.05) is 0 Å². The van der Waals surface area contributed by atoms with Gasteiger partial charge in [0.15, 0.2) is 0 Å². The Morgan fingerprint density at radius 1 is 1.00 bits per heavy atom. The number of hydrogen-bond donors (Lipinski definition) is 1. The van der Waals surface area contributed by atoms with Crippen LogP contribution in [0.15, 0.2) is 59.5 Å².